The topological polar surface area (TPSA) is 38.0 Å². The van der Waals surface area contributed by atoms with Gasteiger partial charge in [0, 0.05) is 18.4 Å². The van der Waals surface area contributed by atoms with Gasteiger partial charge in [0.05, 0.1) is 0 Å². The normalized spacial score (nSPS) is 11.8. The Labute approximate surface area is 121 Å². The van der Waals surface area contributed by atoms with Gasteiger partial charge in [-0.05, 0) is 18.1 Å². The van der Waals surface area contributed by atoms with E-state index in [9.17, 15) is 0 Å². The second-order valence-electron chi connectivity index (χ2n) is 4.70. The quantitative estimate of drug-likeness (QED) is 0.495. The molecule has 0 bridgehead atoms. The standard InChI is InChI=1S/C18H20N2/c1-2-3-14-17(20-19)18(15-10-6-4-7-11-15)16-12-8-5-9-13-16/h4-13,17-18,20H,14,19H2,1H3. The van der Waals surface area contributed by atoms with E-state index in [2.05, 4.69) is 65.8 Å². The molecule has 1 unspecified atom stereocenters. The van der Waals surface area contributed by atoms with Gasteiger partial charge >= 0.3 is 0 Å². The third kappa shape index (κ3) is 3.48. The molecule has 0 aromatic heterocycles. The summed E-state index contributed by atoms with van der Waals surface area (Å²) in [5.41, 5.74) is 5.43. The number of hydrazine groups is 1. The van der Waals surface area contributed by atoms with Gasteiger partial charge in [0.1, 0.15) is 0 Å². The van der Waals surface area contributed by atoms with Crippen LogP contribution in [0.2, 0.25) is 0 Å². The van der Waals surface area contributed by atoms with Crippen LogP contribution >= 0.6 is 0 Å². The first-order chi connectivity index (χ1) is 9.86. The van der Waals surface area contributed by atoms with Gasteiger partial charge in [-0.15, -0.1) is 11.8 Å². The molecule has 0 fully saturated rings. The van der Waals surface area contributed by atoms with Crippen LogP contribution in [-0.2, 0) is 0 Å². The van der Waals surface area contributed by atoms with Gasteiger partial charge in [-0.2, -0.15) is 0 Å². The minimum absolute atomic E-state index is 0.0900. The molecule has 2 aromatic carbocycles. The fourth-order valence-corrected chi connectivity index (χ4v) is 2.46. The van der Waals surface area contributed by atoms with Crippen molar-refractivity contribution < 1.29 is 0 Å². The van der Waals surface area contributed by atoms with Crippen LogP contribution in [0.15, 0.2) is 60.7 Å². The molecule has 20 heavy (non-hydrogen) atoms. The van der Waals surface area contributed by atoms with Gasteiger partial charge in [-0.1, -0.05) is 60.7 Å². The molecule has 102 valence electrons. The van der Waals surface area contributed by atoms with E-state index in [0.717, 1.165) is 6.42 Å². The second-order valence-corrected chi connectivity index (χ2v) is 4.70. The van der Waals surface area contributed by atoms with Crippen molar-refractivity contribution in [2.75, 3.05) is 0 Å². The average molecular weight is 264 g/mol. The van der Waals surface area contributed by atoms with E-state index < -0.39 is 0 Å². The molecule has 0 saturated carbocycles. The summed E-state index contributed by atoms with van der Waals surface area (Å²) >= 11 is 0. The first-order valence-electron chi connectivity index (χ1n) is 6.82. The van der Waals surface area contributed by atoms with Crippen molar-refractivity contribution in [2.24, 2.45) is 5.84 Å². The Morgan fingerprint density at radius 2 is 1.45 bits per heavy atom. The first kappa shape index (κ1) is 14.3. The Kier molecular flexibility index (Phi) is 5.37. The highest BCUT2D eigenvalue weighted by Gasteiger charge is 2.23. The number of hydrogen-bond donors (Lipinski definition) is 2. The van der Waals surface area contributed by atoms with Crippen LogP contribution in [0.1, 0.15) is 30.4 Å². The smallest absolute Gasteiger partial charge is 0.0429 e. The van der Waals surface area contributed by atoms with Crippen molar-refractivity contribution in [3.8, 4) is 11.8 Å². The fourth-order valence-electron chi connectivity index (χ4n) is 2.46. The summed E-state index contributed by atoms with van der Waals surface area (Å²) in [4.78, 5) is 0. The van der Waals surface area contributed by atoms with Gasteiger partial charge in [0.15, 0.2) is 0 Å². The molecule has 0 saturated heterocycles. The molecule has 1 atom stereocenters. The van der Waals surface area contributed by atoms with E-state index in [1.165, 1.54) is 11.1 Å². The van der Waals surface area contributed by atoms with Crippen molar-refractivity contribution in [1.29, 1.82) is 0 Å². The molecule has 2 aromatic rings. The highest BCUT2D eigenvalue weighted by atomic mass is 15.2. The number of rotatable bonds is 5. The molecule has 2 rings (SSSR count). The van der Waals surface area contributed by atoms with Crippen molar-refractivity contribution >= 4 is 0 Å². The summed E-state index contributed by atoms with van der Waals surface area (Å²) in [5.74, 6) is 12.0. The molecule has 0 aliphatic rings. The summed E-state index contributed by atoms with van der Waals surface area (Å²) in [6.45, 7) is 1.85. The summed E-state index contributed by atoms with van der Waals surface area (Å²) in [5, 5.41) is 0. The zero-order valence-corrected chi connectivity index (χ0v) is 11.7. The maximum atomic E-state index is 5.77. The molecule has 0 aliphatic carbocycles. The lowest BCUT2D eigenvalue weighted by Crippen LogP contribution is -2.40. The van der Waals surface area contributed by atoms with Gasteiger partial charge in [0.25, 0.3) is 0 Å². The largest absolute Gasteiger partial charge is 0.271 e. The minimum Gasteiger partial charge on any atom is -0.271 e. The van der Waals surface area contributed by atoms with Crippen LogP contribution in [0.4, 0.5) is 0 Å². The zero-order chi connectivity index (χ0) is 14.2. The lowest BCUT2D eigenvalue weighted by molar-refractivity contribution is 0.488. The summed E-state index contributed by atoms with van der Waals surface area (Å²) in [6, 6.07) is 21.0. The Morgan fingerprint density at radius 1 is 0.950 bits per heavy atom. The van der Waals surface area contributed by atoms with Crippen molar-refractivity contribution in [3.63, 3.8) is 0 Å². The average Bonchev–Trinajstić information content (AvgIpc) is 2.53. The molecular weight excluding hydrogens is 244 g/mol. The Hall–Kier alpha value is -2.08. The molecule has 0 amide bonds. The summed E-state index contributed by atoms with van der Waals surface area (Å²) in [6.07, 6.45) is 0.724. The molecule has 0 spiro atoms. The SMILES string of the molecule is CC#CCC(NN)C(c1ccccc1)c1ccccc1. The van der Waals surface area contributed by atoms with Gasteiger partial charge < -0.3 is 0 Å². The zero-order valence-electron chi connectivity index (χ0n) is 11.7. The number of benzene rings is 2. The molecule has 3 N–H and O–H groups in total. The highest BCUT2D eigenvalue weighted by Crippen LogP contribution is 2.29. The van der Waals surface area contributed by atoms with Gasteiger partial charge in [-0.3, -0.25) is 11.3 Å². The predicted octanol–water partition coefficient (Wildman–Crippen LogP) is 3.06. The van der Waals surface area contributed by atoms with Crippen molar-refractivity contribution in [3.05, 3.63) is 71.8 Å². The van der Waals surface area contributed by atoms with E-state index in [4.69, 9.17) is 5.84 Å². The Bertz CT molecular complexity index is 527. The molecule has 0 radical (unpaired) electrons. The lowest BCUT2D eigenvalue weighted by atomic mass is 9.84. The predicted molar refractivity (Wildman–Crippen MR) is 83.9 cm³/mol. The highest BCUT2D eigenvalue weighted by molar-refractivity contribution is 5.34. The van der Waals surface area contributed by atoms with Crippen LogP contribution in [0.3, 0.4) is 0 Å². The van der Waals surface area contributed by atoms with E-state index in [0.29, 0.717) is 0 Å². The number of nitrogens with two attached hydrogens (primary N) is 1. The second kappa shape index (κ2) is 7.49. The fraction of sp³-hybridized carbons (Fsp3) is 0.222. The van der Waals surface area contributed by atoms with E-state index >= 15 is 0 Å². The molecule has 0 aliphatic heterocycles. The first-order valence-corrected chi connectivity index (χ1v) is 6.82. The Balaban J connectivity index is 2.40. The monoisotopic (exact) mass is 264 g/mol. The van der Waals surface area contributed by atoms with Crippen molar-refractivity contribution in [2.45, 2.75) is 25.3 Å². The van der Waals surface area contributed by atoms with Crippen LogP contribution in [0.25, 0.3) is 0 Å². The Morgan fingerprint density at radius 3 is 1.85 bits per heavy atom. The summed E-state index contributed by atoms with van der Waals surface area (Å²) < 4.78 is 0. The third-order valence-corrected chi connectivity index (χ3v) is 3.43. The minimum atomic E-state index is 0.0900. The van der Waals surface area contributed by atoms with Crippen LogP contribution in [0, 0.1) is 11.8 Å². The number of nitrogens with one attached hydrogen (secondary N) is 1. The molecule has 0 heterocycles. The lowest BCUT2D eigenvalue weighted by Gasteiger charge is -2.26. The van der Waals surface area contributed by atoms with E-state index in [-0.39, 0.29) is 12.0 Å². The molecule has 2 nitrogen and oxygen atoms in total. The van der Waals surface area contributed by atoms with E-state index in [1.54, 1.807) is 0 Å². The van der Waals surface area contributed by atoms with Crippen LogP contribution < -0.4 is 11.3 Å². The van der Waals surface area contributed by atoms with Crippen LogP contribution in [-0.4, -0.2) is 6.04 Å². The van der Waals surface area contributed by atoms with Crippen LogP contribution in [0.5, 0.6) is 0 Å². The van der Waals surface area contributed by atoms with Crippen molar-refractivity contribution in [1.82, 2.24) is 5.43 Å². The number of hydrogen-bond acceptors (Lipinski definition) is 2. The molecular formula is C18H20N2. The van der Waals surface area contributed by atoms with Gasteiger partial charge in [-0.25, -0.2) is 0 Å². The maximum absolute atomic E-state index is 5.77. The van der Waals surface area contributed by atoms with E-state index in [1.807, 2.05) is 19.1 Å². The maximum Gasteiger partial charge on any atom is 0.0429 e. The molecule has 2 heteroatoms. The third-order valence-electron chi connectivity index (χ3n) is 3.43. The van der Waals surface area contributed by atoms with Gasteiger partial charge in [0.2, 0.25) is 0 Å². The summed E-state index contributed by atoms with van der Waals surface area (Å²) in [7, 11) is 0.